The summed E-state index contributed by atoms with van der Waals surface area (Å²) in [6, 6.07) is 10.8. The van der Waals surface area contributed by atoms with Gasteiger partial charge in [-0.05, 0) is 56.2 Å². The van der Waals surface area contributed by atoms with E-state index in [1.54, 1.807) is 12.1 Å². The number of nitrogens with one attached hydrogen (secondary N) is 2. The number of carbonyl (C=O) groups excluding carboxylic acids is 2. The lowest BCUT2D eigenvalue weighted by atomic mass is 10.2. The van der Waals surface area contributed by atoms with Crippen LogP contribution in [-0.2, 0) is 19.6 Å². The summed E-state index contributed by atoms with van der Waals surface area (Å²) in [5, 5.41) is 5.02. The van der Waals surface area contributed by atoms with Crippen LogP contribution in [0.4, 0.5) is 10.1 Å². The first kappa shape index (κ1) is 20.9. The van der Waals surface area contributed by atoms with Gasteiger partial charge in [0.15, 0.2) is 0 Å². The summed E-state index contributed by atoms with van der Waals surface area (Å²) < 4.78 is 39.9. The number of rotatable bonds is 6. The van der Waals surface area contributed by atoms with Crippen molar-refractivity contribution in [1.82, 2.24) is 9.62 Å². The van der Waals surface area contributed by atoms with Crippen LogP contribution in [0.1, 0.15) is 18.4 Å². The second kappa shape index (κ2) is 8.71. The molecule has 0 saturated carbocycles. The van der Waals surface area contributed by atoms with E-state index in [4.69, 9.17) is 0 Å². The van der Waals surface area contributed by atoms with Gasteiger partial charge in [0.1, 0.15) is 11.9 Å². The number of benzene rings is 2. The number of aryl methyl sites for hydroxylation is 1. The minimum Gasteiger partial charge on any atom is -0.346 e. The Labute approximate surface area is 169 Å². The molecule has 2 N–H and O–H groups in total. The number of amides is 2. The second-order valence-corrected chi connectivity index (χ2v) is 8.75. The number of anilines is 1. The lowest BCUT2D eigenvalue weighted by Gasteiger charge is -2.23. The van der Waals surface area contributed by atoms with Gasteiger partial charge in [0.25, 0.3) is 0 Å². The van der Waals surface area contributed by atoms with E-state index in [-0.39, 0.29) is 18.0 Å². The molecule has 0 aromatic heterocycles. The van der Waals surface area contributed by atoms with E-state index in [0.717, 1.165) is 5.56 Å². The molecular weight excluding hydrogens is 397 g/mol. The predicted octanol–water partition coefficient (Wildman–Crippen LogP) is 2.04. The number of hydrogen-bond acceptors (Lipinski definition) is 4. The molecule has 0 spiro atoms. The van der Waals surface area contributed by atoms with E-state index in [1.807, 2.05) is 6.92 Å². The number of sulfonamides is 1. The molecule has 0 aliphatic carbocycles. The molecule has 1 atom stereocenters. The lowest BCUT2D eigenvalue weighted by Crippen LogP contribution is -2.47. The zero-order chi connectivity index (χ0) is 21.0. The first-order valence-corrected chi connectivity index (χ1v) is 10.6. The fourth-order valence-corrected chi connectivity index (χ4v) is 4.82. The first-order chi connectivity index (χ1) is 13.8. The molecule has 3 rings (SSSR count). The van der Waals surface area contributed by atoms with Gasteiger partial charge in [-0.15, -0.1) is 0 Å². The number of carbonyl (C=O) groups is 2. The van der Waals surface area contributed by atoms with Gasteiger partial charge in [0, 0.05) is 12.2 Å². The molecule has 7 nitrogen and oxygen atoms in total. The van der Waals surface area contributed by atoms with Gasteiger partial charge in [0.05, 0.1) is 11.4 Å². The Morgan fingerprint density at radius 3 is 2.41 bits per heavy atom. The monoisotopic (exact) mass is 419 g/mol. The van der Waals surface area contributed by atoms with Gasteiger partial charge in [0.2, 0.25) is 21.8 Å². The van der Waals surface area contributed by atoms with Crippen LogP contribution in [-0.4, -0.2) is 43.7 Å². The summed E-state index contributed by atoms with van der Waals surface area (Å²) in [5.74, 6) is -1.43. The van der Waals surface area contributed by atoms with Crippen molar-refractivity contribution in [2.45, 2.75) is 30.7 Å². The zero-order valence-electron chi connectivity index (χ0n) is 15.9. The molecule has 1 fully saturated rings. The highest BCUT2D eigenvalue weighted by molar-refractivity contribution is 7.89. The van der Waals surface area contributed by atoms with Crippen molar-refractivity contribution < 1.29 is 22.4 Å². The van der Waals surface area contributed by atoms with Crippen molar-refractivity contribution in [3.8, 4) is 0 Å². The van der Waals surface area contributed by atoms with Crippen LogP contribution < -0.4 is 10.6 Å². The summed E-state index contributed by atoms with van der Waals surface area (Å²) in [6.07, 6.45) is 0.946. The minimum atomic E-state index is -3.80. The zero-order valence-corrected chi connectivity index (χ0v) is 16.7. The second-order valence-electron chi connectivity index (χ2n) is 6.86. The summed E-state index contributed by atoms with van der Waals surface area (Å²) in [5.41, 5.74) is 1.34. The van der Waals surface area contributed by atoms with Gasteiger partial charge in [-0.2, -0.15) is 4.31 Å². The van der Waals surface area contributed by atoms with E-state index < -0.39 is 33.7 Å². The van der Waals surface area contributed by atoms with E-state index in [9.17, 15) is 22.4 Å². The SMILES string of the molecule is Cc1ccc(S(=O)(=O)N2CCCC2C(=O)NCC(=O)Nc2ccc(F)cc2)cc1. The van der Waals surface area contributed by atoms with E-state index in [1.165, 1.54) is 40.7 Å². The van der Waals surface area contributed by atoms with Gasteiger partial charge in [-0.3, -0.25) is 9.59 Å². The maximum absolute atomic E-state index is 12.9. The third-order valence-corrected chi connectivity index (χ3v) is 6.61. The average Bonchev–Trinajstić information content (AvgIpc) is 3.19. The summed E-state index contributed by atoms with van der Waals surface area (Å²) in [4.78, 5) is 24.7. The molecule has 1 heterocycles. The van der Waals surface area contributed by atoms with Crippen LogP contribution in [0.25, 0.3) is 0 Å². The fourth-order valence-electron chi connectivity index (χ4n) is 3.16. The molecule has 1 unspecified atom stereocenters. The normalized spacial score (nSPS) is 17.1. The first-order valence-electron chi connectivity index (χ1n) is 9.19. The fraction of sp³-hybridized carbons (Fsp3) is 0.300. The van der Waals surface area contributed by atoms with Gasteiger partial charge >= 0.3 is 0 Å². The van der Waals surface area contributed by atoms with Crippen molar-refractivity contribution in [3.63, 3.8) is 0 Å². The average molecular weight is 419 g/mol. The number of hydrogen-bond donors (Lipinski definition) is 2. The van der Waals surface area contributed by atoms with Gasteiger partial charge < -0.3 is 10.6 Å². The summed E-state index contributed by atoms with van der Waals surface area (Å²) in [7, 11) is -3.80. The lowest BCUT2D eigenvalue weighted by molar-refractivity contribution is -0.126. The molecule has 1 saturated heterocycles. The van der Waals surface area contributed by atoms with Crippen LogP contribution in [0.15, 0.2) is 53.4 Å². The van der Waals surface area contributed by atoms with E-state index in [0.29, 0.717) is 18.5 Å². The van der Waals surface area contributed by atoms with Crippen molar-refractivity contribution in [1.29, 1.82) is 0 Å². The Morgan fingerprint density at radius 2 is 1.76 bits per heavy atom. The molecule has 0 radical (unpaired) electrons. The summed E-state index contributed by atoms with van der Waals surface area (Å²) in [6.45, 7) is 1.79. The molecule has 2 amide bonds. The third-order valence-electron chi connectivity index (χ3n) is 4.69. The van der Waals surface area contributed by atoms with Crippen LogP contribution in [0.5, 0.6) is 0 Å². The Bertz CT molecular complexity index is 991. The Kier molecular flexibility index (Phi) is 6.29. The highest BCUT2D eigenvalue weighted by Gasteiger charge is 2.39. The third kappa shape index (κ3) is 4.99. The highest BCUT2D eigenvalue weighted by Crippen LogP contribution is 2.26. The van der Waals surface area contributed by atoms with Gasteiger partial charge in [-0.25, -0.2) is 12.8 Å². The number of nitrogens with zero attached hydrogens (tertiary/aromatic N) is 1. The van der Waals surface area contributed by atoms with Crippen molar-refractivity contribution in [2.75, 3.05) is 18.4 Å². The smallest absolute Gasteiger partial charge is 0.243 e. The molecule has 1 aliphatic rings. The molecular formula is C20H22FN3O4S. The maximum atomic E-state index is 12.9. The van der Waals surface area contributed by atoms with Crippen LogP contribution >= 0.6 is 0 Å². The maximum Gasteiger partial charge on any atom is 0.243 e. The topological polar surface area (TPSA) is 95.6 Å². The van der Waals surface area contributed by atoms with Gasteiger partial charge in [-0.1, -0.05) is 17.7 Å². The Hall–Kier alpha value is -2.78. The van der Waals surface area contributed by atoms with Crippen LogP contribution in [0.2, 0.25) is 0 Å². The Balaban J connectivity index is 1.61. The highest BCUT2D eigenvalue weighted by atomic mass is 32.2. The molecule has 29 heavy (non-hydrogen) atoms. The quantitative estimate of drug-likeness (QED) is 0.749. The molecule has 154 valence electrons. The predicted molar refractivity (Wildman–Crippen MR) is 106 cm³/mol. The Morgan fingerprint density at radius 1 is 1.10 bits per heavy atom. The van der Waals surface area contributed by atoms with E-state index >= 15 is 0 Å². The van der Waals surface area contributed by atoms with Crippen LogP contribution in [0, 0.1) is 12.7 Å². The molecule has 0 bridgehead atoms. The standard InChI is InChI=1S/C20H22FN3O4S/c1-14-4-10-17(11-5-14)29(27,28)24-12-2-3-18(24)20(26)22-13-19(25)23-16-8-6-15(21)7-9-16/h4-11,18H,2-3,12-13H2,1H3,(H,22,26)(H,23,25). The van der Waals surface area contributed by atoms with Crippen LogP contribution in [0.3, 0.4) is 0 Å². The van der Waals surface area contributed by atoms with Crippen molar-refractivity contribution >= 4 is 27.5 Å². The largest absolute Gasteiger partial charge is 0.346 e. The van der Waals surface area contributed by atoms with Crippen molar-refractivity contribution in [2.24, 2.45) is 0 Å². The van der Waals surface area contributed by atoms with E-state index in [2.05, 4.69) is 10.6 Å². The summed E-state index contributed by atoms with van der Waals surface area (Å²) >= 11 is 0. The minimum absolute atomic E-state index is 0.136. The molecule has 2 aromatic rings. The van der Waals surface area contributed by atoms with Crippen molar-refractivity contribution in [3.05, 3.63) is 59.9 Å². The molecule has 1 aliphatic heterocycles. The molecule has 2 aromatic carbocycles. The number of halogens is 1. The molecule has 9 heteroatoms.